The predicted molar refractivity (Wildman–Crippen MR) is 185 cm³/mol. The number of hydrogen-bond donors (Lipinski definition) is 2. The number of anilines is 2. The third kappa shape index (κ3) is 7.51. The molecule has 5 heterocycles. The SMILES string of the molecule is Cc1ccc(NC(=O)N2CC[C@@H](CC(F)(F)F)C2)cc1B1OC(C)(C)C(C)(C(C)c2cc(-c3ccnn3CCO)nc(N3CCOCC3)c2)O1. The van der Waals surface area contributed by atoms with Crippen LogP contribution in [0.1, 0.15) is 57.6 Å². The van der Waals surface area contributed by atoms with Crippen LogP contribution in [0, 0.1) is 12.8 Å². The number of pyridine rings is 1. The van der Waals surface area contributed by atoms with Gasteiger partial charge in [0.25, 0.3) is 0 Å². The van der Waals surface area contributed by atoms with Crippen molar-refractivity contribution in [2.75, 3.05) is 56.2 Å². The molecule has 15 heteroatoms. The molecule has 2 aromatic heterocycles. The van der Waals surface area contributed by atoms with Gasteiger partial charge in [-0.3, -0.25) is 4.68 Å². The maximum Gasteiger partial charge on any atom is 0.495 e. The summed E-state index contributed by atoms with van der Waals surface area (Å²) in [5.74, 6) is 0.0465. The Morgan fingerprint density at radius 2 is 1.88 bits per heavy atom. The van der Waals surface area contributed by atoms with E-state index in [0.717, 1.165) is 33.8 Å². The van der Waals surface area contributed by atoms with Crippen LogP contribution < -0.4 is 15.7 Å². The van der Waals surface area contributed by atoms with Crippen LogP contribution in [0.5, 0.6) is 0 Å². The van der Waals surface area contributed by atoms with E-state index >= 15 is 0 Å². The van der Waals surface area contributed by atoms with Crippen LogP contribution in [0.15, 0.2) is 42.6 Å². The zero-order chi connectivity index (χ0) is 35.8. The first-order chi connectivity index (χ1) is 23.7. The maximum absolute atomic E-state index is 13.0. The second-order valence-electron chi connectivity index (χ2n) is 14.2. The number of amides is 2. The molecule has 3 atom stereocenters. The topological polar surface area (TPSA) is 114 Å². The molecule has 2 amide bonds. The highest BCUT2D eigenvalue weighted by atomic mass is 19.4. The molecule has 0 bridgehead atoms. The number of alkyl halides is 3. The van der Waals surface area contributed by atoms with E-state index in [2.05, 4.69) is 34.4 Å². The van der Waals surface area contributed by atoms with Gasteiger partial charge in [0.15, 0.2) is 0 Å². The average molecular weight is 699 g/mol. The van der Waals surface area contributed by atoms with Gasteiger partial charge in [-0.25, -0.2) is 9.78 Å². The highest BCUT2D eigenvalue weighted by Gasteiger charge is 2.58. The van der Waals surface area contributed by atoms with Crippen LogP contribution in [0.25, 0.3) is 11.4 Å². The Morgan fingerprint density at radius 1 is 1.12 bits per heavy atom. The molecule has 0 saturated carbocycles. The van der Waals surface area contributed by atoms with Gasteiger partial charge >= 0.3 is 19.3 Å². The van der Waals surface area contributed by atoms with E-state index in [1.54, 1.807) is 16.9 Å². The van der Waals surface area contributed by atoms with Gasteiger partial charge in [-0.05, 0) is 81.4 Å². The summed E-state index contributed by atoms with van der Waals surface area (Å²) < 4.78 is 59.6. The van der Waals surface area contributed by atoms with Gasteiger partial charge in [-0.2, -0.15) is 18.3 Å². The summed E-state index contributed by atoms with van der Waals surface area (Å²) in [6.45, 7) is 13.4. The van der Waals surface area contributed by atoms with Crippen molar-refractivity contribution < 1.29 is 37.1 Å². The zero-order valence-corrected chi connectivity index (χ0v) is 29.3. The maximum atomic E-state index is 13.0. The predicted octanol–water partition coefficient (Wildman–Crippen LogP) is 4.97. The molecule has 11 nitrogen and oxygen atoms in total. The first-order valence-electron chi connectivity index (χ1n) is 17.2. The van der Waals surface area contributed by atoms with Gasteiger partial charge in [-0.15, -0.1) is 0 Å². The van der Waals surface area contributed by atoms with Crippen LogP contribution in [0.4, 0.5) is 29.5 Å². The van der Waals surface area contributed by atoms with E-state index in [9.17, 15) is 23.1 Å². The number of aryl methyl sites for hydroxylation is 1. The van der Waals surface area contributed by atoms with E-state index in [1.807, 2.05) is 45.9 Å². The number of nitrogens with zero attached hydrogens (tertiary/aromatic N) is 5. The number of carbonyl (C=O) groups is 1. The number of hydrogen-bond acceptors (Lipinski definition) is 8. The summed E-state index contributed by atoms with van der Waals surface area (Å²) in [7, 11) is -0.747. The van der Waals surface area contributed by atoms with Crippen LogP contribution >= 0.6 is 0 Å². The Hall–Kier alpha value is -3.66. The normalized spacial score (nSPS) is 23.1. The van der Waals surface area contributed by atoms with E-state index in [-0.39, 0.29) is 25.6 Å². The van der Waals surface area contributed by atoms with Crippen molar-refractivity contribution in [1.82, 2.24) is 19.7 Å². The molecule has 3 aromatic rings. The molecule has 0 aliphatic carbocycles. The average Bonchev–Trinajstić information content (AvgIpc) is 3.79. The summed E-state index contributed by atoms with van der Waals surface area (Å²) >= 11 is 0. The molecule has 2 N–H and O–H groups in total. The smallest absolute Gasteiger partial charge is 0.399 e. The Balaban J connectivity index is 1.25. The van der Waals surface area contributed by atoms with Crippen molar-refractivity contribution in [1.29, 1.82) is 0 Å². The van der Waals surface area contributed by atoms with Gasteiger partial charge in [0.2, 0.25) is 0 Å². The minimum atomic E-state index is -4.25. The van der Waals surface area contributed by atoms with Crippen molar-refractivity contribution in [3.8, 4) is 11.4 Å². The molecule has 6 rings (SSSR count). The minimum Gasteiger partial charge on any atom is -0.399 e. The second kappa shape index (κ2) is 14.2. The number of halogens is 3. The van der Waals surface area contributed by atoms with Gasteiger partial charge in [-0.1, -0.05) is 18.6 Å². The molecule has 1 aromatic carbocycles. The number of aromatic nitrogens is 3. The summed E-state index contributed by atoms with van der Waals surface area (Å²) in [4.78, 5) is 21.7. The minimum absolute atomic E-state index is 0.0507. The fourth-order valence-corrected chi connectivity index (χ4v) is 7.22. The number of ether oxygens (including phenoxy) is 1. The van der Waals surface area contributed by atoms with Crippen molar-refractivity contribution in [2.45, 2.75) is 77.3 Å². The van der Waals surface area contributed by atoms with Crippen LogP contribution in [0.3, 0.4) is 0 Å². The highest BCUT2D eigenvalue weighted by Crippen LogP contribution is 2.47. The third-order valence-corrected chi connectivity index (χ3v) is 10.6. The third-order valence-electron chi connectivity index (χ3n) is 10.6. The lowest BCUT2D eigenvalue weighted by molar-refractivity contribution is -0.143. The van der Waals surface area contributed by atoms with Crippen LogP contribution in [0.2, 0.25) is 0 Å². The van der Waals surface area contributed by atoms with Crippen molar-refractivity contribution in [2.24, 2.45) is 5.92 Å². The van der Waals surface area contributed by atoms with Gasteiger partial charge in [0.1, 0.15) is 5.82 Å². The largest absolute Gasteiger partial charge is 0.495 e. The molecule has 3 saturated heterocycles. The lowest BCUT2D eigenvalue weighted by atomic mass is 9.74. The summed E-state index contributed by atoms with van der Waals surface area (Å²) in [5.41, 5.74) is 3.13. The van der Waals surface area contributed by atoms with Crippen molar-refractivity contribution in [3.63, 3.8) is 0 Å². The number of likely N-dealkylation sites (tertiary alicyclic amines) is 1. The first kappa shape index (κ1) is 36.1. The number of aliphatic hydroxyl groups is 1. The van der Waals surface area contributed by atoms with E-state index in [1.165, 1.54) is 4.90 Å². The molecule has 3 aliphatic heterocycles. The molecule has 270 valence electrons. The Kier molecular flexibility index (Phi) is 10.2. The summed E-state index contributed by atoms with van der Waals surface area (Å²) in [5, 5.41) is 16.9. The molecule has 0 spiro atoms. The van der Waals surface area contributed by atoms with Gasteiger partial charge < -0.3 is 34.3 Å². The number of nitrogens with one attached hydrogen (secondary N) is 1. The van der Waals surface area contributed by atoms with Gasteiger partial charge in [0, 0.05) is 50.4 Å². The van der Waals surface area contributed by atoms with Crippen molar-refractivity contribution >= 4 is 30.1 Å². The highest BCUT2D eigenvalue weighted by molar-refractivity contribution is 6.62. The van der Waals surface area contributed by atoms with E-state index < -0.39 is 42.9 Å². The fourth-order valence-electron chi connectivity index (χ4n) is 7.22. The zero-order valence-electron chi connectivity index (χ0n) is 29.3. The number of aliphatic hydroxyl groups excluding tert-OH is 1. The van der Waals surface area contributed by atoms with Crippen LogP contribution in [-0.4, -0.2) is 101 Å². The number of benzene rings is 1. The molecular formula is C35H46BF3N6O5. The summed E-state index contributed by atoms with van der Waals surface area (Å²) in [6.07, 6.45) is -3.12. The summed E-state index contributed by atoms with van der Waals surface area (Å²) in [6, 6.07) is 11.1. The van der Waals surface area contributed by atoms with Crippen molar-refractivity contribution in [3.05, 3.63) is 53.7 Å². The number of carbonyl (C=O) groups excluding carboxylic acids is 1. The molecule has 2 unspecified atom stereocenters. The standard InChI is InChI=1S/C35H46BF3N6O5/c1-23-6-7-27(41-32(47)44-11-9-25(22-44)21-35(37,38)39)20-28(23)36-49-33(3,4)34(5,50-36)24(2)26-18-29(30-8-10-40-45(30)12-15-46)42-31(19-26)43-13-16-48-17-14-43/h6-8,10,18-20,24-25,46H,9,11-17,21-22H2,1-5H3,(H,41,47)/t24?,25-,34?/m0/s1. The van der Waals surface area contributed by atoms with E-state index in [4.69, 9.17) is 19.0 Å². The fraction of sp³-hybridized carbons (Fsp3) is 0.571. The lowest BCUT2D eigenvalue weighted by Crippen LogP contribution is -2.48. The Morgan fingerprint density at radius 3 is 2.60 bits per heavy atom. The molecule has 3 aliphatic rings. The van der Waals surface area contributed by atoms with Gasteiger partial charge in [0.05, 0.1) is 49.0 Å². The molecule has 50 heavy (non-hydrogen) atoms. The second-order valence-corrected chi connectivity index (χ2v) is 14.2. The van der Waals surface area contributed by atoms with E-state index in [0.29, 0.717) is 45.0 Å². The monoisotopic (exact) mass is 698 g/mol. The van der Waals surface area contributed by atoms with Crippen LogP contribution in [-0.2, 0) is 20.6 Å². The quantitative estimate of drug-likeness (QED) is 0.302. The lowest BCUT2D eigenvalue weighted by Gasteiger charge is -2.42. The number of morpholine rings is 1. The Labute approximate surface area is 291 Å². The Bertz CT molecular complexity index is 1680. The number of urea groups is 1. The first-order valence-corrected chi connectivity index (χ1v) is 17.2. The molecule has 3 fully saturated rings. The molecule has 0 radical (unpaired) electrons. The molecular weight excluding hydrogens is 652 g/mol. The number of rotatable bonds is 9.